The number of benzene rings is 2. The number of aromatic hydroxyl groups is 1. The summed E-state index contributed by atoms with van der Waals surface area (Å²) in [5, 5.41) is 10.4. The van der Waals surface area contributed by atoms with Crippen LogP contribution >= 0.6 is 0 Å². The Balaban J connectivity index is 1.85. The van der Waals surface area contributed by atoms with Crippen LogP contribution in [0.5, 0.6) is 23.0 Å². The van der Waals surface area contributed by atoms with Gasteiger partial charge in [0.25, 0.3) is 5.76 Å². The third-order valence-electron chi connectivity index (χ3n) is 5.59. The summed E-state index contributed by atoms with van der Waals surface area (Å²) in [7, 11) is 0. The molecule has 3 aromatic rings. The second kappa shape index (κ2) is 9.79. The summed E-state index contributed by atoms with van der Waals surface area (Å²) in [6, 6.07) is 8.61. The van der Waals surface area contributed by atoms with Crippen LogP contribution in [-0.4, -0.2) is 41.9 Å². The van der Waals surface area contributed by atoms with Crippen molar-refractivity contribution in [3.05, 3.63) is 57.9 Å². The Morgan fingerprint density at radius 2 is 1.74 bits per heavy atom. The molecule has 1 N–H and O–H groups in total. The lowest BCUT2D eigenvalue weighted by Gasteiger charge is -2.35. The van der Waals surface area contributed by atoms with Gasteiger partial charge in [0, 0.05) is 19.6 Å². The van der Waals surface area contributed by atoms with E-state index in [9.17, 15) is 23.1 Å². The van der Waals surface area contributed by atoms with Gasteiger partial charge in [-0.15, -0.1) is 0 Å². The minimum Gasteiger partial charge on any atom is -0.507 e. The van der Waals surface area contributed by atoms with E-state index in [0.717, 1.165) is 0 Å². The number of alkyl halides is 3. The van der Waals surface area contributed by atoms with Crippen LogP contribution in [0, 0.1) is 0 Å². The van der Waals surface area contributed by atoms with Gasteiger partial charge in [-0.05, 0) is 45.0 Å². The number of ether oxygens (including phenoxy) is 3. The molecule has 0 saturated carbocycles. The van der Waals surface area contributed by atoms with Crippen molar-refractivity contribution in [3.63, 3.8) is 0 Å². The molecule has 0 radical (unpaired) electrons. The molecule has 1 aliphatic heterocycles. The summed E-state index contributed by atoms with van der Waals surface area (Å²) in [6.07, 6.45) is -5.23. The molecular formula is C25H26F3NO6. The number of fused-ring (bicyclic) bond motifs is 1. The van der Waals surface area contributed by atoms with Crippen LogP contribution in [0.2, 0.25) is 0 Å². The van der Waals surface area contributed by atoms with Gasteiger partial charge in [0.2, 0.25) is 11.2 Å². The minimum atomic E-state index is -5.03. The smallest absolute Gasteiger partial charge is 0.453 e. The molecular weight excluding hydrogens is 467 g/mol. The van der Waals surface area contributed by atoms with E-state index in [1.165, 1.54) is 24.3 Å². The molecule has 10 heteroatoms. The monoisotopic (exact) mass is 493 g/mol. The molecule has 0 bridgehead atoms. The Morgan fingerprint density at radius 1 is 1.09 bits per heavy atom. The van der Waals surface area contributed by atoms with Crippen LogP contribution in [0.4, 0.5) is 13.2 Å². The van der Waals surface area contributed by atoms with Gasteiger partial charge < -0.3 is 23.7 Å². The normalized spacial score (nSPS) is 19.1. The number of nitrogens with zero attached hydrogens (tertiary/aromatic N) is 1. The van der Waals surface area contributed by atoms with Crippen LogP contribution in [0.25, 0.3) is 11.0 Å². The molecule has 2 aromatic carbocycles. The summed E-state index contributed by atoms with van der Waals surface area (Å²) < 4.78 is 64.1. The van der Waals surface area contributed by atoms with Gasteiger partial charge in [-0.25, -0.2) is 0 Å². The van der Waals surface area contributed by atoms with Gasteiger partial charge in [-0.1, -0.05) is 12.1 Å². The first-order valence-corrected chi connectivity index (χ1v) is 11.2. The van der Waals surface area contributed by atoms with Crippen molar-refractivity contribution in [2.75, 3.05) is 19.7 Å². The summed E-state index contributed by atoms with van der Waals surface area (Å²) in [6.45, 7) is 6.83. The lowest BCUT2D eigenvalue weighted by molar-refractivity contribution is -0.154. The van der Waals surface area contributed by atoms with Gasteiger partial charge in [0.1, 0.15) is 11.3 Å². The first-order chi connectivity index (χ1) is 16.6. The standard InChI is InChI=1S/C25H26F3NO6/c1-4-32-19-7-5-6-8-20(19)34-23-21(31)16-9-10-18(30)17(22(16)35-24(23)25(26,27)28)13-29-11-14(2)33-15(3)12-29/h5-10,14-15,30H,4,11-13H2,1-3H3/t14-,15-/m0/s1. The topological polar surface area (TPSA) is 81.4 Å². The van der Waals surface area contributed by atoms with E-state index in [2.05, 4.69) is 0 Å². The quantitative estimate of drug-likeness (QED) is 0.498. The van der Waals surface area contributed by atoms with E-state index in [1.54, 1.807) is 19.1 Å². The Kier molecular flexibility index (Phi) is 6.95. The number of para-hydroxylation sites is 2. The van der Waals surface area contributed by atoms with Crippen molar-refractivity contribution in [2.24, 2.45) is 0 Å². The Morgan fingerprint density at radius 3 is 2.37 bits per heavy atom. The lowest BCUT2D eigenvalue weighted by Crippen LogP contribution is -2.44. The molecule has 188 valence electrons. The predicted molar refractivity (Wildman–Crippen MR) is 122 cm³/mol. The van der Waals surface area contributed by atoms with Gasteiger partial charge in [0.05, 0.1) is 29.8 Å². The molecule has 0 unspecified atom stereocenters. The number of hydrogen-bond acceptors (Lipinski definition) is 7. The van der Waals surface area contributed by atoms with Crippen molar-refractivity contribution < 1.29 is 36.9 Å². The highest BCUT2D eigenvalue weighted by Gasteiger charge is 2.41. The van der Waals surface area contributed by atoms with E-state index >= 15 is 0 Å². The van der Waals surface area contributed by atoms with Gasteiger partial charge >= 0.3 is 6.18 Å². The van der Waals surface area contributed by atoms with E-state index in [1.807, 2.05) is 18.7 Å². The average molecular weight is 493 g/mol. The fourth-order valence-corrected chi connectivity index (χ4v) is 4.28. The van der Waals surface area contributed by atoms with Crippen LogP contribution in [-0.2, 0) is 17.5 Å². The minimum absolute atomic E-state index is 0.0539. The molecule has 1 aromatic heterocycles. The summed E-state index contributed by atoms with van der Waals surface area (Å²) in [5.41, 5.74) is -1.25. The van der Waals surface area contributed by atoms with Crippen LogP contribution in [0.3, 0.4) is 0 Å². The zero-order valence-electron chi connectivity index (χ0n) is 19.5. The maximum atomic E-state index is 14.1. The van der Waals surface area contributed by atoms with Gasteiger partial charge in [0.15, 0.2) is 11.5 Å². The van der Waals surface area contributed by atoms with Crippen LogP contribution < -0.4 is 14.9 Å². The summed E-state index contributed by atoms with van der Waals surface area (Å²) >= 11 is 0. The highest BCUT2D eigenvalue weighted by atomic mass is 19.4. The lowest BCUT2D eigenvalue weighted by atomic mass is 10.1. The molecule has 4 rings (SSSR count). The number of rotatable bonds is 6. The Bertz CT molecular complexity index is 1260. The highest BCUT2D eigenvalue weighted by Crippen LogP contribution is 2.41. The molecule has 1 fully saturated rings. The number of phenols is 1. The third-order valence-corrected chi connectivity index (χ3v) is 5.59. The molecule has 0 aliphatic carbocycles. The van der Waals surface area contributed by atoms with Crippen molar-refractivity contribution in [3.8, 4) is 23.0 Å². The molecule has 0 spiro atoms. The number of morpholine rings is 1. The molecule has 35 heavy (non-hydrogen) atoms. The fourth-order valence-electron chi connectivity index (χ4n) is 4.28. The van der Waals surface area contributed by atoms with Gasteiger partial charge in [-0.2, -0.15) is 13.2 Å². The van der Waals surface area contributed by atoms with Crippen molar-refractivity contribution in [2.45, 2.75) is 45.7 Å². The van der Waals surface area contributed by atoms with Crippen molar-refractivity contribution in [1.29, 1.82) is 0 Å². The van der Waals surface area contributed by atoms with E-state index < -0.39 is 23.1 Å². The van der Waals surface area contributed by atoms with E-state index in [-0.39, 0.29) is 59.1 Å². The second-order valence-corrected chi connectivity index (χ2v) is 8.46. The zero-order chi connectivity index (χ0) is 25.3. The second-order valence-electron chi connectivity index (χ2n) is 8.46. The first-order valence-electron chi connectivity index (χ1n) is 11.2. The van der Waals surface area contributed by atoms with E-state index in [4.69, 9.17) is 18.6 Å². The Hall–Kier alpha value is -3.24. The molecule has 7 nitrogen and oxygen atoms in total. The molecule has 2 atom stereocenters. The highest BCUT2D eigenvalue weighted by molar-refractivity contribution is 5.83. The summed E-state index contributed by atoms with van der Waals surface area (Å²) in [4.78, 5) is 15.2. The predicted octanol–water partition coefficient (Wildman–Crippen LogP) is 5.32. The summed E-state index contributed by atoms with van der Waals surface area (Å²) in [5.74, 6) is -2.72. The van der Waals surface area contributed by atoms with Gasteiger partial charge in [-0.3, -0.25) is 9.69 Å². The molecule has 0 amide bonds. The average Bonchev–Trinajstić information content (AvgIpc) is 2.77. The van der Waals surface area contributed by atoms with Crippen molar-refractivity contribution >= 4 is 11.0 Å². The fraction of sp³-hybridized carbons (Fsp3) is 0.400. The van der Waals surface area contributed by atoms with E-state index in [0.29, 0.717) is 13.1 Å². The maximum Gasteiger partial charge on any atom is 0.453 e. The SMILES string of the molecule is CCOc1ccccc1Oc1c(C(F)(F)F)oc2c(CN3C[C@H](C)O[C@@H](C)C3)c(O)ccc2c1=O. The zero-order valence-corrected chi connectivity index (χ0v) is 19.5. The molecule has 1 saturated heterocycles. The van der Waals surface area contributed by atoms with Crippen LogP contribution in [0.15, 0.2) is 45.6 Å². The molecule has 1 aliphatic rings. The van der Waals surface area contributed by atoms with Crippen LogP contribution in [0.1, 0.15) is 32.1 Å². The number of halogens is 3. The number of phenolic OH excluding ortho intramolecular Hbond substituents is 1. The Labute approximate surface area is 199 Å². The maximum absolute atomic E-state index is 14.1. The molecule has 2 heterocycles. The third kappa shape index (κ3) is 5.23. The number of hydrogen-bond donors (Lipinski definition) is 1. The first kappa shape index (κ1) is 24.9. The van der Waals surface area contributed by atoms with Crippen molar-refractivity contribution in [1.82, 2.24) is 4.90 Å². The largest absolute Gasteiger partial charge is 0.507 e.